The lowest BCUT2D eigenvalue weighted by molar-refractivity contribution is -0.385. The highest BCUT2D eigenvalue weighted by Crippen LogP contribution is 2.28. The van der Waals surface area contributed by atoms with Crippen LogP contribution in [-0.2, 0) is 20.7 Å². The monoisotopic (exact) mass is 324 g/mol. The van der Waals surface area contributed by atoms with E-state index < -0.39 is 16.9 Å². The van der Waals surface area contributed by atoms with Gasteiger partial charge in [-0.15, -0.1) is 0 Å². The number of hydrogen-bond donors (Lipinski definition) is 1. The number of esters is 1. The molecule has 126 valence electrons. The second-order valence-corrected chi connectivity index (χ2v) is 4.69. The molecule has 23 heavy (non-hydrogen) atoms. The van der Waals surface area contributed by atoms with E-state index in [4.69, 9.17) is 9.47 Å². The molecule has 0 aliphatic rings. The predicted molar refractivity (Wildman–Crippen MR) is 82.2 cm³/mol. The third-order valence-electron chi connectivity index (χ3n) is 3.11. The molecule has 1 aromatic rings. The van der Waals surface area contributed by atoms with E-state index in [1.54, 1.807) is 19.9 Å². The second-order valence-electron chi connectivity index (χ2n) is 4.69. The third kappa shape index (κ3) is 5.24. The van der Waals surface area contributed by atoms with Crippen molar-refractivity contribution in [2.24, 2.45) is 0 Å². The van der Waals surface area contributed by atoms with Gasteiger partial charge in [0, 0.05) is 18.9 Å². The zero-order valence-electron chi connectivity index (χ0n) is 13.3. The van der Waals surface area contributed by atoms with E-state index in [1.807, 2.05) is 0 Å². The third-order valence-corrected chi connectivity index (χ3v) is 3.11. The fourth-order valence-corrected chi connectivity index (χ4v) is 1.97. The minimum atomic E-state index is -0.893. The van der Waals surface area contributed by atoms with Crippen molar-refractivity contribution in [1.82, 2.24) is 5.32 Å². The van der Waals surface area contributed by atoms with Crippen LogP contribution in [-0.4, -0.2) is 36.6 Å². The van der Waals surface area contributed by atoms with Gasteiger partial charge in [-0.1, -0.05) is 13.0 Å². The molecule has 0 spiro atoms. The van der Waals surface area contributed by atoms with Crippen LogP contribution in [0.1, 0.15) is 25.8 Å². The minimum absolute atomic E-state index is 0.0927. The number of methoxy groups -OCH3 is 1. The van der Waals surface area contributed by atoms with Crippen LogP contribution in [0.3, 0.4) is 0 Å². The number of ether oxygens (including phenoxy) is 2. The molecule has 0 fully saturated rings. The van der Waals surface area contributed by atoms with Crippen LogP contribution in [0.2, 0.25) is 0 Å². The molecule has 8 nitrogen and oxygen atoms in total. The van der Waals surface area contributed by atoms with Crippen molar-refractivity contribution in [2.75, 3.05) is 13.7 Å². The Kier molecular flexibility index (Phi) is 6.98. The maximum absolute atomic E-state index is 11.9. The van der Waals surface area contributed by atoms with Gasteiger partial charge in [-0.2, -0.15) is 0 Å². The fraction of sp³-hybridized carbons (Fsp3) is 0.467. The molecule has 0 aliphatic carbocycles. The summed E-state index contributed by atoms with van der Waals surface area (Å²) >= 11 is 0. The predicted octanol–water partition coefficient (Wildman–Crippen LogP) is 1.60. The molecule has 0 aliphatic heterocycles. The van der Waals surface area contributed by atoms with E-state index in [1.165, 1.54) is 19.2 Å². The van der Waals surface area contributed by atoms with Crippen molar-refractivity contribution >= 4 is 17.6 Å². The van der Waals surface area contributed by atoms with E-state index in [2.05, 4.69) is 5.32 Å². The number of carbonyl (C=O) groups excluding carboxylic acids is 2. The van der Waals surface area contributed by atoms with Gasteiger partial charge < -0.3 is 14.8 Å². The number of nitrogens with zero attached hydrogens (tertiary/aromatic N) is 1. The topological polar surface area (TPSA) is 108 Å². The number of nitro benzene ring substituents is 1. The summed E-state index contributed by atoms with van der Waals surface area (Å²) in [6.07, 6.45) is 0.314. The molecular weight excluding hydrogens is 304 g/mol. The van der Waals surface area contributed by atoms with Crippen LogP contribution in [0.4, 0.5) is 5.69 Å². The number of carbonyl (C=O) groups is 2. The summed E-state index contributed by atoms with van der Waals surface area (Å²) < 4.78 is 9.86. The number of benzene rings is 1. The van der Waals surface area contributed by atoms with Crippen molar-refractivity contribution in [3.63, 3.8) is 0 Å². The first-order valence-electron chi connectivity index (χ1n) is 7.20. The summed E-state index contributed by atoms with van der Waals surface area (Å²) in [6.45, 7) is 3.50. The molecule has 1 aromatic carbocycles. The first-order chi connectivity index (χ1) is 10.9. The largest absolute Gasteiger partial charge is 0.490 e. The van der Waals surface area contributed by atoms with Gasteiger partial charge in [0.05, 0.1) is 18.6 Å². The standard InChI is InChI=1S/C15H20N2O6/c1-4-14(18)16-11(15(19)23-5-2)8-10-6-7-13(22-3)12(9-10)17(20)21/h6-7,9,11H,4-5,8H2,1-3H3,(H,16,18)/t11-/m1/s1. The summed E-state index contributed by atoms with van der Waals surface area (Å²) in [5.74, 6) is -0.747. The number of rotatable bonds is 8. The molecular formula is C15H20N2O6. The molecule has 0 bridgehead atoms. The molecule has 0 unspecified atom stereocenters. The van der Waals surface area contributed by atoms with E-state index >= 15 is 0 Å². The first-order valence-corrected chi connectivity index (χ1v) is 7.20. The van der Waals surface area contributed by atoms with E-state index in [9.17, 15) is 19.7 Å². The summed E-state index contributed by atoms with van der Waals surface area (Å²) in [4.78, 5) is 34.0. The summed E-state index contributed by atoms with van der Waals surface area (Å²) in [5.41, 5.74) is 0.321. The highest BCUT2D eigenvalue weighted by molar-refractivity contribution is 5.84. The Balaban J connectivity index is 3.02. The molecule has 8 heteroatoms. The number of hydrogen-bond acceptors (Lipinski definition) is 6. The first kappa shape index (κ1) is 18.4. The van der Waals surface area contributed by atoms with E-state index in [0.29, 0.717) is 5.56 Å². The van der Waals surface area contributed by atoms with Gasteiger partial charge in [-0.05, 0) is 18.6 Å². The maximum atomic E-state index is 11.9. The van der Waals surface area contributed by atoms with E-state index in [0.717, 1.165) is 0 Å². The smallest absolute Gasteiger partial charge is 0.328 e. The van der Waals surface area contributed by atoms with Gasteiger partial charge >= 0.3 is 11.7 Å². The number of nitro groups is 1. The maximum Gasteiger partial charge on any atom is 0.328 e. The Hall–Kier alpha value is -2.64. The Bertz CT molecular complexity index is 587. The van der Waals surface area contributed by atoms with Crippen molar-refractivity contribution in [3.05, 3.63) is 33.9 Å². The van der Waals surface area contributed by atoms with Gasteiger partial charge in [-0.25, -0.2) is 4.79 Å². The Morgan fingerprint density at radius 2 is 2.04 bits per heavy atom. The highest BCUT2D eigenvalue weighted by atomic mass is 16.6. The van der Waals surface area contributed by atoms with Crippen LogP contribution in [0.15, 0.2) is 18.2 Å². The SMILES string of the molecule is CCOC(=O)[C@@H](Cc1ccc(OC)c([N+](=O)[O-])c1)NC(=O)CC. The van der Waals surface area contributed by atoms with Crippen LogP contribution >= 0.6 is 0 Å². The molecule has 1 amide bonds. The highest BCUT2D eigenvalue weighted by Gasteiger charge is 2.24. The van der Waals surface area contributed by atoms with Gasteiger partial charge in [-0.3, -0.25) is 14.9 Å². The van der Waals surface area contributed by atoms with Crippen molar-refractivity contribution in [2.45, 2.75) is 32.7 Å². The molecule has 0 saturated carbocycles. The zero-order chi connectivity index (χ0) is 17.4. The molecule has 1 atom stereocenters. The Morgan fingerprint density at radius 3 is 2.57 bits per heavy atom. The molecule has 1 N–H and O–H groups in total. The second kappa shape index (κ2) is 8.72. The lowest BCUT2D eigenvalue weighted by Gasteiger charge is -2.17. The fourth-order valence-electron chi connectivity index (χ4n) is 1.97. The van der Waals surface area contributed by atoms with Gasteiger partial charge in [0.15, 0.2) is 5.75 Å². The molecule has 0 radical (unpaired) electrons. The number of amides is 1. The van der Waals surface area contributed by atoms with E-state index in [-0.39, 0.29) is 36.8 Å². The molecule has 0 saturated heterocycles. The number of nitrogens with one attached hydrogen (secondary N) is 1. The average molecular weight is 324 g/mol. The van der Waals surface area contributed by atoms with Gasteiger partial charge in [0.1, 0.15) is 6.04 Å². The summed E-state index contributed by atoms with van der Waals surface area (Å²) in [6, 6.07) is 3.49. The van der Waals surface area contributed by atoms with Crippen LogP contribution < -0.4 is 10.1 Å². The molecule has 0 heterocycles. The Labute approximate surface area is 133 Å². The normalized spacial score (nSPS) is 11.4. The van der Waals surface area contributed by atoms with Crippen molar-refractivity contribution in [1.29, 1.82) is 0 Å². The zero-order valence-corrected chi connectivity index (χ0v) is 13.3. The average Bonchev–Trinajstić information content (AvgIpc) is 2.54. The van der Waals surface area contributed by atoms with Crippen LogP contribution in [0.5, 0.6) is 5.75 Å². The van der Waals surface area contributed by atoms with Gasteiger partial charge in [0.25, 0.3) is 0 Å². The molecule has 1 rings (SSSR count). The quantitative estimate of drug-likeness (QED) is 0.442. The lowest BCUT2D eigenvalue weighted by Crippen LogP contribution is -2.43. The Morgan fingerprint density at radius 1 is 1.35 bits per heavy atom. The van der Waals surface area contributed by atoms with Crippen molar-refractivity contribution in [3.8, 4) is 5.75 Å². The summed E-state index contributed by atoms with van der Waals surface area (Å²) in [7, 11) is 1.34. The minimum Gasteiger partial charge on any atom is -0.490 e. The van der Waals surface area contributed by atoms with Crippen LogP contribution in [0.25, 0.3) is 0 Å². The lowest BCUT2D eigenvalue weighted by atomic mass is 10.0. The molecule has 0 aromatic heterocycles. The van der Waals surface area contributed by atoms with Crippen molar-refractivity contribution < 1.29 is 24.0 Å². The summed E-state index contributed by atoms with van der Waals surface area (Å²) in [5, 5.41) is 13.6. The van der Waals surface area contributed by atoms with Crippen LogP contribution in [0, 0.1) is 10.1 Å². The van der Waals surface area contributed by atoms with Gasteiger partial charge in [0.2, 0.25) is 5.91 Å².